The minimum absolute atomic E-state index is 0.00762. The van der Waals surface area contributed by atoms with Gasteiger partial charge in [0.05, 0.1) is 24.2 Å². The number of hydrogen-bond donors (Lipinski definition) is 0. The van der Waals surface area contributed by atoms with E-state index in [2.05, 4.69) is 0 Å². The molecule has 1 aromatic carbocycles. The molecule has 0 saturated carbocycles. The van der Waals surface area contributed by atoms with Gasteiger partial charge in [0.15, 0.2) is 0 Å². The number of methoxy groups -OCH3 is 2. The van der Waals surface area contributed by atoms with Crippen molar-refractivity contribution in [3.63, 3.8) is 0 Å². The third kappa shape index (κ3) is 5.33. The third-order valence-electron chi connectivity index (χ3n) is 4.99. The minimum atomic E-state index is -2.99. The Hall–Kier alpha value is -1.55. The van der Waals surface area contributed by atoms with Gasteiger partial charge in [-0.15, -0.1) is 0 Å². The number of benzene rings is 1. The Morgan fingerprint density at radius 3 is 2.14 bits per heavy atom. The van der Waals surface area contributed by atoms with Crippen LogP contribution in [0, 0.1) is 10.1 Å². The summed E-state index contributed by atoms with van der Waals surface area (Å²) in [4.78, 5) is 13.1. The molecule has 162 valence electrons. The van der Waals surface area contributed by atoms with Gasteiger partial charge in [-0.2, -0.15) is 0 Å². The molecule has 1 unspecified atom stereocenters. The van der Waals surface area contributed by atoms with E-state index in [9.17, 15) is 14.7 Å². The Balaban J connectivity index is 1.86. The number of nitrogens with zero attached hydrogens (tertiary/aromatic N) is 4. The van der Waals surface area contributed by atoms with E-state index in [1.165, 1.54) is 6.07 Å². The highest BCUT2D eigenvalue weighted by Gasteiger charge is 2.50. The Labute approximate surface area is 171 Å². The van der Waals surface area contributed by atoms with Crippen molar-refractivity contribution in [3.8, 4) is 0 Å². The Kier molecular flexibility index (Phi) is 7.26. The fourth-order valence-electron chi connectivity index (χ4n) is 3.13. The van der Waals surface area contributed by atoms with Gasteiger partial charge in [0.25, 0.3) is 5.69 Å². The van der Waals surface area contributed by atoms with Gasteiger partial charge in [0, 0.05) is 59.6 Å². The fraction of sp³-hybridized carbons (Fsp3) is 0.667. The van der Waals surface area contributed by atoms with Crippen molar-refractivity contribution in [1.82, 2.24) is 9.34 Å². The zero-order valence-corrected chi connectivity index (χ0v) is 18.0. The van der Waals surface area contributed by atoms with Crippen LogP contribution in [0.2, 0.25) is 0 Å². The average molecular weight is 428 g/mol. The SMILES string of the molecule is COCCN(CCOC)c1cc(C(C)OP(=O)(N2CC2)N2CC2)ccc1[N+](=O)[O-]. The van der Waals surface area contributed by atoms with Gasteiger partial charge < -0.3 is 14.4 Å². The number of anilines is 1. The van der Waals surface area contributed by atoms with Crippen molar-refractivity contribution in [3.05, 3.63) is 33.9 Å². The van der Waals surface area contributed by atoms with Crippen LogP contribution < -0.4 is 4.90 Å². The van der Waals surface area contributed by atoms with E-state index in [4.69, 9.17) is 14.0 Å². The van der Waals surface area contributed by atoms with Gasteiger partial charge in [0.1, 0.15) is 5.69 Å². The van der Waals surface area contributed by atoms with Crippen LogP contribution in [0.25, 0.3) is 0 Å². The minimum Gasteiger partial charge on any atom is -0.383 e. The van der Waals surface area contributed by atoms with E-state index < -0.39 is 18.7 Å². The first-order valence-corrected chi connectivity index (χ1v) is 11.2. The summed E-state index contributed by atoms with van der Waals surface area (Å²) in [5, 5.41) is 11.6. The van der Waals surface area contributed by atoms with Crippen LogP contribution in [0.3, 0.4) is 0 Å². The van der Waals surface area contributed by atoms with Crippen LogP contribution in [-0.2, 0) is 18.6 Å². The molecule has 2 aliphatic rings. The lowest BCUT2D eigenvalue weighted by Crippen LogP contribution is -2.31. The molecular formula is C18H29N4O6P. The third-order valence-corrected chi connectivity index (χ3v) is 7.82. The summed E-state index contributed by atoms with van der Waals surface area (Å²) in [6.45, 7) is 6.74. The topological polar surface area (TPSA) is 97.2 Å². The number of rotatable bonds is 13. The second-order valence-electron chi connectivity index (χ2n) is 7.12. The van der Waals surface area contributed by atoms with Crippen LogP contribution in [0.4, 0.5) is 11.4 Å². The molecule has 2 heterocycles. The molecule has 2 aliphatic heterocycles. The number of ether oxygens (including phenoxy) is 2. The molecule has 0 aromatic heterocycles. The smallest absolute Gasteiger partial charge is 0.346 e. The van der Waals surface area contributed by atoms with Crippen molar-refractivity contribution in [2.75, 3.05) is 71.6 Å². The van der Waals surface area contributed by atoms with Crippen LogP contribution in [-0.4, -0.2) is 81.0 Å². The maximum Gasteiger partial charge on any atom is 0.346 e. The van der Waals surface area contributed by atoms with Crippen molar-refractivity contribution in [2.45, 2.75) is 13.0 Å². The Morgan fingerprint density at radius 2 is 1.69 bits per heavy atom. The quantitative estimate of drug-likeness (QED) is 0.203. The lowest BCUT2D eigenvalue weighted by atomic mass is 10.1. The first kappa shape index (κ1) is 22.1. The van der Waals surface area contributed by atoms with E-state index in [0.717, 1.165) is 31.7 Å². The van der Waals surface area contributed by atoms with E-state index in [1.807, 2.05) is 21.2 Å². The first-order chi connectivity index (χ1) is 13.9. The van der Waals surface area contributed by atoms with Crippen molar-refractivity contribution in [1.29, 1.82) is 0 Å². The maximum atomic E-state index is 13.3. The molecule has 0 bridgehead atoms. The molecule has 2 fully saturated rings. The summed E-state index contributed by atoms with van der Waals surface area (Å²) < 4.78 is 33.3. The van der Waals surface area contributed by atoms with Crippen LogP contribution in [0.5, 0.6) is 0 Å². The zero-order chi connectivity index (χ0) is 21.0. The van der Waals surface area contributed by atoms with Gasteiger partial charge in [-0.1, -0.05) is 0 Å². The average Bonchev–Trinajstić information content (AvgIpc) is 3.58. The van der Waals surface area contributed by atoms with Gasteiger partial charge >= 0.3 is 7.67 Å². The molecule has 0 aliphatic carbocycles. The number of hydrogen-bond acceptors (Lipinski definition) is 7. The van der Waals surface area contributed by atoms with Crippen molar-refractivity contribution < 1.29 is 23.5 Å². The highest BCUT2D eigenvalue weighted by Crippen LogP contribution is 2.63. The molecule has 0 amide bonds. The van der Waals surface area contributed by atoms with E-state index in [-0.39, 0.29) is 5.69 Å². The number of nitro benzene ring substituents is 1. The lowest BCUT2D eigenvalue weighted by molar-refractivity contribution is -0.384. The summed E-state index contributed by atoms with van der Waals surface area (Å²) >= 11 is 0. The largest absolute Gasteiger partial charge is 0.383 e. The summed E-state index contributed by atoms with van der Waals surface area (Å²) in [6, 6.07) is 4.91. The molecule has 3 rings (SSSR count). The van der Waals surface area contributed by atoms with E-state index >= 15 is 0 Å². The van der Waals surface area contributed by atoms with Crippen molar-refractivity contribution >= 4 is 19.0 Å². The predicted octanol–water partition coefficient (Wildman–Crippen LogP) is 2.51. The molecular weight excluding hydrogens is 399 g/mol. The molecule has 0 N–H and O–H groups in total. The van der Waals surface area contributed by atoms with Crippen LogP contribution >= 0.6 is 7.67 Å². The molecule has 2 saturated heterocycles. The summed E-state index contributed by atoms with van der Waals surface area (Å²) in [7, 11) is 0.193. The zero-order valence-electron chi connectivity index (χ0n) is 17.2. The molecule has 0 radical (unpaired) electrons. The Bertz CT molecular complexity index is 747. The monoisotopic (exact) mass is 428 g/mol. The van der Waals surface area contributed by atoms with Crippen LogP contribution in [0.15, 0.2) is 18.2 Å². The molecule has 10 nitrogen and oxygen atoms in total. The highest BCUT2D eigenvalue weighted by molar-refractivity contribution is 7.54. The second-order valence-corrected chi connectivity index (χ2v) is 9.45. The van der Waals surface area contributed by atoms with Crippen LogP contribution in [0.1, 0.15) is 18.6 Å². The standard InChI is InChI=1S/C18H29N4O6P/c1-15(28-29(25,20-6-7-20)21-8-9-21)16-4-5-17(22(23)24)18(14-16)19(10-12-26-2)11-13-27-3/h4-5,14-15H,6-13H2,1-3H3. The normalized spacial score (nSPS) is 17.9. The molecule has 1 atom stereocenters. The summed E-state index contributed by atoms with van der Waals surface area (Å²) in [5.74, 6) is 0. The predicted molar refractivity (Wildman–Crippen MR) is 109 cm³/mol. The fourth-order valence-corrected chi connectivity index (χ4v) is 5.48. The van der Waals surface area contributed by atoms with Gasteiger partial charge in [-0.25, -0.2) is 9.34 Å². The Morgan fingerprint density at radius 1 is 1.14 bits per heavy atom. The van der Waals surface area contributed by atoms with E-state index in [1.54, 1.807) is 26.4 Å². The van der Waals surface area contributed by atoms with Gasteiger partial charge in [-0.3, -0.25) is 19.2 Å². The van der Waals surface area contributed by atoms with Gasteiger partial charge in [-0.05, 0) is 24.6 Å². The number of nitro groups is 1. The molecule has 29 heavy (non-hydrogen) atoms. The van der Waals surface area contributed by atoms with Gasteiger partial charge in [0.2, 0.25) is 0 Å². The molecule has 0 spiro atoms. The summed E-state index contributed by atoms with van der Waals surface area (Å²) in [5.41, 5.74) is 1.23. The lowest BCUT2D eigenvalue weighted by Gasteiger charge is -2.27. The molecule has 1 aromatic rings. The van der Waals surface area contributed by atoms with E-state index in [0.29, 0.717) is 32.0 Å². The summed E-state index contributed by atoms with van der Waals surface area (Å²) in [6.07, 6.45) is -0.465. The first-order valence-electron chi connectivity index (χ1n) is 9.71. The second kappa shape index (κ2) is 9.51. The highest BCUT2D eigenvalue weighted by atomic mass is 31.2. The molecule has 11 heteroatoms. The maximum absolute atomic E-state index is 13.3. The van der Waals surface area contributed by atoms with Crippen molar-refractivity contribution in [2.24, 2.45) is 0 Å².